The first-order valence-corrected chi connectivity index (χ1v) is 36.4. The average molecular weight is 1220 g/mol. The molecule has 2 atom stereocenters. The molecule has 0 aromatic carbocycles. The second-order valence-corrected chi connectivity index (χ2v) is 25.6. The number of nitrogens with zero attached hydrogens (tertiary/aromatic N) is 1. The Kier molecular flexibility index (Phi) is 62.7. The molecule has 2 unspecified atom stereocenters. The zero-order valence-electron chi connectivity index (χ0n) is 56.0. The molecule has 0 saturated heterocycles. The van der Waals surface area contributed by atoms with E-state index in [0.717, 1.165) is 109 Å². The number of phosphoric ester groups is 1. The van der Waals surface area contributed by atoms with Gasteiger partial charge in [-0.15, -0.1) is 0 Å². The van der Waals surface area contributed by atoms with Crippen molar-refractivity contribution in [3.8, 4) is 0 Å². The predicted octanol–water partition coefficient (Wildman–Crippen LogP) is 22.8. The third kappa shape index (κ3) is 69.3. The molecule has 0 spiro atoms. The van der Waals surface area contributed by atoms with Crippen LogP contribution in [-0.2, 0) is 32.7 Å². The molecule has 0 fully saturated rings. The molecule has 0 radical (unpaired) electrons. The Balaban J connectivity index is 4.09. The first kappa shape index (κ1) is 82.1. The summed E-state index contributed by atoms with van der Waals surface area (Å²) >= 11 is 0. The maximum Gasteiger partial charge on any atom is 0.472 e. The van der Waals surface area contributed by atoms with Gasteiger partial charge in [0.2, 0.25) is 0 Å². The number of phosphoric acid groups is 1. The van der Waals surface area contributed by atoms with Gasteiger partial charge in [0.25, 0.3) is 0 Å². The van der Waals surface area contributed by atoms with E-state index in [0.29, 0.717) is 17.4 Å². The van der Waals surface area contributed by atoms with Crippen LogP contribution in [0.2, 0.25) is 0 Å². The average Bonchev–Trinajstić information content (AvgIpc) is 3.70. The van der Waals surface area contributed by atoms with Crippen LogP contribution < -0.4 is 0 Å². The number of hydrogen-bond acceptors (Lipinski definition) is 7. The van der Waals surface area contributed by atoms with Crippen LogP contribution in [0.25, 0.3) is 0 Å². The molecular formula is C76H131NO8P+. The number of likely N-dealkylation sites (N-methyl/N-ethyl adjacent to an activating group) is 1. The van der Waals surface area contributed by atoms with E-state index in [1.807, 2.05) is 21.1 Å². The second kappa shape index (κ2) is 65.6. The molecule has 0 aromatic heterocycles. The Labute approximate surface area is 530 Å². The largest absolute Gasteiger partial charge is 0.472 e. The highest BCUT2D eigenvalue weighted by atomic mass is 31.2. The van der Waals surface area contributed by atoms with Crippen LogP contribution in [0, 0.1) is 0 Å². The molecule has 0 rings (SSSR count). The van der Waals surface area contributed by atoms with Crippen molar-refractivity contribution >= 4 is 19.8 Å². The highest BCUT2D eigenvalue weighted by molar-refractivity contribution is 7.47. The van der Waals surface area contributed by atoms with E-state index >= 15 is 0 Å². The summed E-state index contributed by atoms with van der Waals surface area (Å²) in [5, 5.41) is 0. The molecule has 0 aliphatic rings. The number of esters is 2. The van der Waals surface area contributed by atoms with Crippen molar-refractivity contribution in [1.82, 2.24) is 0 Å². The van der Waals surface area contributed by atoms with E-state index in [2.05, 4.69) is 148 Å². The molecule has 0 heterocycles. The topological polar surface area (TPSA) is 108 Å². The number of hydrogen-bond donors (Lipinski definition) is 1. The van der Waals surface area contributed by atoms with Gasteiger partial charge in [-0.2, -0.15) is 0 Å². The molecular weight excluding hydrogens is 1090 g/mol. The van der Waals surface area contributed by atoms with E-state index in [1.165, 1.54) is 141 Å². The molecule has 10 heteroatoms. The quantitative estimate of drug-likeness (QED) is 0.0211. The number of allylic oxidation sites excluding steroid dienone is 22. The summed E-state index contributed by atoms with van der Waals surface area (Å²) in [5.41, 5.74) is 0. The van der Waals surface area contributed by atoms with E-state index in [1.54, 1.807) is 0 Å². The van der Waals surface area contributed by atoms with Crippen molar-refractivity contribution in [3.63, 3.8) is 0 Å². The lowest BCUT2D eigenvalue weighted by Crippen LogP contribution is -2.37. The highest BCUT2D eigenvalue weighted by Crippen LogP contribution is 2.43. The van der Waals surface area contributed by atoms with Gasteiger partial charge in [0.15, 0.2) is 6.10 Å². The predicted molar refractivity (Wildman–Crippen MR) is 371 cm³/mol. The fraction of sp³-hybridized carbons (Fsp3) is 0.684. The minimum Gasteiger partial charge on any atom is -0.462 e. The zero-order chi connectivity index (χ0) is 62.6. The summed E-state index contributed by atoms with van der Waals surface area (Å²) in [6.45, 7) is 4.32. The molecule has 0 saturated carbocycles. The van der Waals surface area contributed by atoms with Gasteiger partial charge in [-0.3, -0.25) is 18.6 Å². The highest BCUT2D eigenvalue weighted by Gasteiger charge is 2.27. The van der Waals surface area contributed by atoms with E-state index in [-0.39, 0.29) is 32.0 Å². The Bertz CT molecular complexity index is 1910. The number of ether oxygens (including phenoxy) is 2. The standard InChI is InChI=1S/C76H130NO8P/c1-6-8-10-12-14-16-18-20-22-24-26-28-29-30-31-32-33-34-35-36-37-38-39-40-41-42-43-44-45-46-47-49-51-53-55-57-59-61-63-65-67-69-76(79)85-74(73-84-86(80,81)83-71-70-77(3,4)5)72-82-75(78)68-66-64-62-60-58-56-54-52-50-48-27-25-23-21-19-17-15-13-11-9-7-2/h8,10,14,16,20,22,25-28,30-31,33-34,36-37,39-40,42-43,45-46,74H,6-7,9,11-13,15,17-19,21,23-24,29,32,35,38,41,44,47-73H2,1-5H3/p+1/b10-8-,16-14-,22-20-,27-25-,28-26-,31-30-,34-33-,37-36-,40-39-,43-42-,46-45-. The molecule has 1 N–H and O–H groups in total. The lowest BCUT2D eigenvalue weighted by Gasteiger charge is -2.24. The van der Waals surface area contributed by atoms with Crippen LogP contribution in [-0.4, -0.2) is 74.9 Å². The molecule has 492 valence electrons. The fourth-order valence-corrected chi connectivity index (χ4v) is 10.1. The fourth-order valence-electron chi connectivity index (χ4n) is 9.33. The SMILES string of the molecule is CC/C=C\C/C=C\C/C=C\C/C=C\C/C=C\C/C=C\C/C=C\C/C=C\C/C=C\C/C=C\CCCCCCCCCCCCC(=O)OC(COC(=O)CCCCCCCCCCC/C=C\CCCCCCCCCC)COP(=O)(O)OCC[N+](C)(C)C. The summed E-state index contributed by atoms with van der Waals surface area (Å²) in [4.78, 5) is 35.8. The van der Waals surface area contributed by atoms with Crippen molar-refractivity contribution in [2.45, 2.75) is 290 Å². The first-order valence-electron chi connectivity index (χ1n) is 34.9. The van der Waals surface area contributed by atoms with Crippen molar-refractivity contribution in [1.29, 1.82) is 0 Å². The molecule has 9 nitrogen and oxygen atoms in total. The summed E-state index contributed by atoms with van der Waals surface area (Å²) in [6, 6.07) is 0. The first-order chi connectivity index (χ1) is 42.0. The summed E-state index contributed by atoms with van der Waals surface area (Å²) in [7, 11) is 1.47. The smallest absolute Gasteiger partial charge is 0.462 e. The third-order valence-corrected chi connectivity index (χ3v) is 15.6. The Morgan fingerprint density at radius 2 is 0.663 bits per heavy atom. The van der Waals surface area contributed by atoms with Gasteiger partial charge < -0.3 is 18.9 Å². The van der Waals surface area contributed by atoms with Gasteiger partial charge in [0, 0.05) is 12.8 Å². The van der Waals surface area contributed by atoms with Gasteiger partial charge in [-0.25, -0.2) is 4.57 Å². The number of quaternary nitrogens is 1. The molecule has 0 amide bonds. The molecule has 86 heavy (non-hydrogen) atoms. The molecule has 0 aliphatic heterocycles. The van der Waals surface area contributed by atoms with Crippen LogP contribution in [0.4, 0.5) is 0 Å². The minimum absolute atomic E-state index is 0.0256. The van der Waals surface area contributed by atoms with E-state index in [4.69, 9.17) is 18.5 Å². The lowest BCUT2D eigenvalue weighted by molar-refractivity contribution is -0.870. The summed E-state index contributed by atoms with van der Waals surface area (Å²) in [6.07, 6.45) is 95.5. The van der Waals surface area contributed by atoms with Gasteiger partial charge in [-0.1, -0.05) is 289 Å². The van der Waals surface area contributed by atoms with Crippen LogP contribution >= 0.6 is 7.82 Å². The van der Waals surface area contributed by atoms with E-state index in [9.17, 15) is 19.0 Å². The number of carbonyl (C=O) groups excluding carboxylic acids is 2. The van der Waals surface area contributed by atoms with Crippen LogP contribution in [0.3, 0.4) is 0 Å². The van der Waals surface area contributed by atoms with Gasteiger partial charge >= 0.3 is 19.8 Å². The minimum atomic E-state index is -4.40. The normalized spacial score (nSPS) is 14.0. The number of carbonyl (C=O) groups is 2. The van der Waals surface area contributed by atoms with Gasteiger partial charge in [0.05, 0.1) is 27.7 Å². The van der Waals surface area contributed by atoms with Gasteiger partial charge in [-0.05, 0) is 116 Å². The van der Waals surface area contributed by atoms with Crippen molar-refractivity contribution < 1.29 is 42.1 Å². The maximum absolute atomic E-state index is 12.9. The molecule has 0 aromatic rings. The van der Waals surface area contributed by atoms with Crippen molar-refractivity contribution in [3.05, 3.63) is 134 Å². The zero-order valence-corrected chi connectivity index (χ0v) is 56.9. The maximum atomic E-state index is 12.9. The third-order valence-electron chi connectivity index (χ3n) is 14.7. The van der Waals surface area contributed by atoms with Crippen LogP contribution in [0.5, 0.6) is 0 Å². The van der Waals surface area contributed by atoms with Gasteiger partial charge in [0.1, 0.15) is 19.8 Å². The summed E-state index contributed by atoms with van der Waals surface area (Å²) < 4.78 is 34.7. The number of unbranched alkanes of at least 4 members (excludes halogenated alkanes) is 27. The van der Waals surface area contributed by atoms with Crippen molar-refractivity contribution in [2.24, 2.45) is 0 Å². The summed E-state index contributed by atoms with van der Waals surface area (Å²) in [5.74, 6) is -0.805. The molecule has 0 aliphatic carbocycles. The Morgan fingerprint density at radius 3 is 1.00 bits per heavy atom. The molecule has 0 bridgehead atoms. The Morgan fingerprint density at radius 1 is 0.372 bits per heavy atom. The van der Waals surface area contributed by atoms with Crippen LogP contribution in [0.1, 0.15) is 284 Å². The van der Waals surface area contributed by atoms with Crippen molar-refractivity contribution in [2.75, 3.05) is 47.5 Å². The lowest BCUT2D eigenvalue weighted by atomic mass is 10.0. The van der Waals surface area contributed by atoms with E-state index < -0.39 is 26.5 Å². The number of rotatable bonds is 63. The monoisotopic (exact) mass is 1220 g/mol. The van der Waals surface area contributed by atoms with Crippen LogP contribution in [0.15, 0.2) is 134 Å². The second-order valence-electron chi connectivity index (χ2n) is 24.2. The Hall–Kier alpha value is -3.85.